The van der Waals surface area contributed by atoms with E-state index in [1.54, 1.807) is 7.11 Å². The number of methoxy groups -OCH3 is 1. The fourth-order valence-electron chi connectivity index (χ4n) is 1.88. The first-order chi connectivity index (χ1) is 7.21. The maximum Gasteiger partial charge on any atom is 0.133 e. The number of halogens is 1. The van der Waals surface area contributed by atoms with Crippen LogP contribution in [0.1, 0.15) is 18.4 Å². The van der Waals surface area contributed by atoms with Crippen molar-refractivity contribution in [2.75, 3.05) is 13.7 Å². The summed E-state index contributed by atoms with van der Waals surface area (Å²) in [7, 11) is 1.69. The lowest BCUT2D eigenvalue weighted by atomic mass is 9.96. The molecule has 0 heterocycles. The summed E-state index contributed by atoms with van der Waals surface area (Å²) < 4.78 is 6.35. The molecule has 3 heteroatoms. The van der Waals surface area contributed by atoms with E-state index in [-0.39, 0.29) is 0 Å². The smallest absolute Gasteiger partial charge is 0.133 e. The average Bonchev–Trinajstić information content (AvgIpc) is 3.02. The highest BCUT2D eigenvalue weighted by Gasteiger charge is 2.41. The molecule has 0 radical (unpaired) electrons. The summed E-state index contributed by atoms with van der Waals surface area (Å²) in [5.41, 5.74) is 7.46. The highest BCUT2D eigenvalue weighted by Crippen LogP contribution is 2.48. The van der Waals surface area contributed by atoms with E-state index in [0.717, 1.165) is 23.2 Å². The summed E-state index contributed by atoms with van der Waals surface area (Å²) in [6.07, 6.45) is 3.57. The van der Waals surface area contributed by atoms with Crippen LogP contribution in [0.25, 0.3) is 0 Å². The van der Waals surface area contributed by atoms with E-state index < -0.39 is 0 Å². The topological polar surface area (TPSA) is 35.2 Å². The lowest BCUT2D eigenvalue weighted by Crippen LogP contribution is -2.18. The van der Waals surface area contributed by atoms with Crippen LogP contribution in [0.15, 0.2) is 22.7 Å². The van der Waals surface area contributed by atoms with Crippen LogP contribution < -0.4 is 10.5 Å². The minimum atomic E-state index is 0.370. The summed E-state index contributed by atoms with van der Waals surface area (Å²) in [5.74, 6) is 0.903. The van der Waals surface area contributed by atoms with Gasteiger partial charge < -0.3 is 10.5 Å². The number of nitrogens with two attached hydrogens (primary N) is 1. The Morgan fingerprint density at radius 2 is 2.20 bits per heavy atom. The molecule has 1 aliphatic rings. The minimum Gasteiger partial charge on any atom is -0.496 e. The van der Waals surface area contributed by atoms with Crippen molar-refractivity contribution in [2.45, 2.75) is 19.3 Å². The van der Waals surface area contributed by atoms with Gasteiger partial charge in [-0.1, -0.05) is 12.1 Å². The number of rotatable bonds is 4. The molecular formula is C12H16BrNO. The first-order valence-electron chi connectivity index (χ1n) is 5.22. The van der Waals surface area contributed by atoms with Crippen molar-refractivity contribution >= 4 is 15.9 Å². The van der Waals surface area contributed by atoms with E-state index in [4.69, 9.17) is 10.5 Å². The zero-order valence-corrected chi connectivity index (χ0v) is 10.5. The summed E-state index contributed by atoms with van der Waals surface area (Å²) in [5, 5.41) is 0. The fraction of sp³-hybridized carbons (Fsp3) is 0.500. The quantitative estimate of drug-likeness (QED) is 0.913. The molecule has 2 rings (SSSR count). The van der Waals surface area contributed by atoms with Crippen LogP contribution in [0, 0.1) is 5.41 Å². The Bertz CT molecular complexity index is 361. The number of hydrogen-bond acceptors (Lipinski definition) is 2. The van der Waals surface area contributed by atoms with E-state index >= 15 is 0 Å². The van der Waals surface area contributed by atoms with Crippen molar-refractivity contribution in [2.24, 2.45) is 11.1 Å². The van der Waals surface area contributed by atoms with Crippen LogP contribution in [-0.4, -0.2) is 13.7 Å². The highest BCUT2D eigenvalue weighted by molar-refractivity contribution is 9.10. The molecule has 1 fully saturated rings. The Morgan fingerprint density at radius 3 is 2.73 bits per heavy atom. The number of ether oxygens (including phenoxy) is 1. The standard InChI is InChI=1S/C12H16BrNO/c1-15-10-4-2-3-9(11(10)13)7-12(8-14)5-6-12/h2-4H,5-8,14H2,1H3. The van der Waals surface area contributed by atoms with Gasteiger partial charge in [-0.15, -0.1) is 0 Å². The average molecular weight is 270 g/mol. The van der Waals surface area contributed by atoms with Crippen LogP contribution in [0.3, 0.4) is 0 Å². The number of hydrogen-bond donors (Lipinski definition) is 1. The molecule has 0 aromatic heterocycles. The Morgan fingerprint density at radius 1 is 1.47 bits per heavy atom. The summed E-state index contributed by atoms with van der Waals surface area (Å²) in [6.45, 7) is 0.788. The molecule has 1 aliphatic carbocycles. The van der Waals surface area contributed by atoms with E-state index in [2.05, 4.69) is 22.0 Å². The molecule has 15 heavy (non-hydrogen) atoms. The second-order valence-electron chi connectivity index (χ2n) is 4.31. The summed E-state index contributed by atoms with van der Waals surface area (Å²) in [4.78, 5) is 0. The third kappa shape index (κ3) is 2.18. The van der Waals surface area contributed by atoms with Gasteiger partial charge in [0.25, 0.3) is 0 Å². The van der Waals surface area contributed by atoms with Crippen LogP contribution in [-0.2, 0) is 6.42 Å². The van der Waals surface area contributed by atoms with Gasteiger partial charge in [-0.2, -0.15) is 0 Å². The van der Waals surface area contributed by atoms with Crippen LogP contribution >= 0.6 is 15.9 Å². The molecule has 1 aromatic carbocycles. The van der Waals surface area contributed by atoms with E-state index in [1.807, 2.05) is 12.1 Å². The van der Waals surface area contributed by atoms with Gasteiger partial charge in [0.05, 0.1) is 11.6 Å². The molecule has 2 nitrogen and oxygen atoms in total. The molecule has 0 amide bonds. The SMILES string of the molecule is COc1cccc(CC2(CN)CC2)c1Br. The van der Waals surface area contributed by atoms with Gasteiger partial charge in [0.2, 0.25) is 0 Å². The highest BCUT2D eigenvalue weighted by atomic mass is 79.9. The van der Waals surface area contributed by atoms with Gasteiger partial charge >= 0.3 is 0 Å². The maximum absolute atomic E-state index is 5.79. The van der Waals surface area contributed by atoms with Crippen molar-refractivity contribution in [1.29, 1.82) is 0 Å². The van der Waals surface area contributed by atoms with Gasteiger partial charge in [0.15, 0.2) is 0 Å². The largest absolute Gasteiger partial charge is 0.496 e. The van der Waals surface area contributed by atoms with Crippen LogP contribution in [0.4, 0.5) is 0 Å². The Balaban J connectivity index is 2.21. The van der Waals surface area contributed by atoms with Crippen molar-refractivity contribution in [3.8, 4) is 5.75 Å². The van der Waals surface area contributed by atoms with E-state index in [0.29, 0.717) is 5.41 Å². The molecule has 1 aromatic rings. The second-order valence-corrected chi connectivity index (χ2v) is 5.11. The van der Waals surface area contributed by atoms with Gasteiger partial charge in [0, 0.05) is 0 Å². The molecule has 0 saturated heterocycles. The minimum absolute atomic E-state index is 0.370. The van der Waals surface area contributed by atoms with Crippen molar-refractivity contribution in [1.82, 2.24) is 0 Å². The lowest BCUT2D eigenvalue weighted by molar-refractivity contribution is 0.410. The second kappa shape index (κ2) is 4.14. The molecular weight excluding hydrogens is 254 g/mol. The molecule has 0 atom stereocenters. The third-order valence-electron chi connectivity index (χ3n) is 3.22. The van der Waals surface area contributed by atoms with Gasteiger partial charge in [-0.25, -0.2) is 0 Å². The normalized spacial score (nSPS) is 17.5. The first kappa shape index (κ1) is 11.0. The van der Waals surface area contributed by atoms with Gasteiger partial charge in [-0.05, 0) is 58.8 Å². The van der Waals surface area contributed by atoms with E-state index in [1.165, 1.54) is 18.4 Å². The van der Waals surface area contributed by atoms with Gasteiger partial charge in [0.1, 0.15) is 5.75 Å². The first-order valence-corrected chi connectivity index (χ1v) is 6.01. The monoisotopic (exact) mass is 269 g/mol. The van der Waals surface area contributed by atoms with Crippen LogP contribution in [0.2, 0.25) is 0 Å². The van der Waals surface area contributed by atoms with Crippen molar-refractivity contribution in [3.63, 3.8) is 0 Å². The lowest BCUT2D eigenvalue weighted by Gasteiger charge is -2.14. The molecule has 0 spiro atoms. The zero-order valence-electron chi connectivity index (χ0n) is 8.92. The van der Waals surface area contributed by atoms with Crippen LogP contribution in [0.5, 0.6) is 5.75 Å². The Kier molecular flexibility index (Phi) is 3.03. The zero-order chi connectivity index (χ0) is 10.9. The summed E-state index contributed by atoms with van der Waals surface area (Å²) in [6, 6.07) is 6.14. The molecule has 1 saturated carbocycles. The van der Waals surface area contributed by atoms with Crippen molar-refractivity contribution in [3.05, 3.63) is 28.2 Å². The predicted octanol–water partition coefficient (Wildman–Crippen LogP) is 2.74. The third-order valence-corrected chi connectivity index (χ3v) is 4.12. The Labute approximate surface area is 98.9 Å². The molecule has 0 aliphatic heterocycles. The molecule has 0 bridgehead atoms. The van der Waals surface area contributed by atoms with E-state index in [9.17, 15) is 0 Å². The maximum atomic E-state index is 5.79. The van der Waals surface area contributed by atoms with Crippen molar-refractivity contribution < 1.29 is 4.74 Å². The predicted molar refractivity (Wildman–Crippen MR) is 65.1 cm³/mol. The summed E-state index contributed by atoms with van der Waals surface area (Å²) >= 11 is 3.59. The Hall–Kier alpha value is -0.540. The molecule has 82 valence electrons. The molecule has 0 unspecified atom stereocenters. The fourth-order valence-corrected chi connectivity index (χ4v) is 2.45. The van der Waals surface area contributed by atoms with Gasteiger partial charge in [-0.3, -0.25) is 0 Å². The molecule has 2 N–H and O–H groups in total. The number of benzene rings is 1.